The molecule has 1 aliphatic heterocycles. The minimum absolute atomic E-state index is 0.00792. The number of nitrogens with zero attached hydrogens (tertiary/aromatic N) is 2. The van der Waals surface area contributed by atoms with Crippen LogP contribution in [0.2, 0.25) is 0 Å². The van der Waals surface area contributed by atoms with Crippen LogP contribution < -0.4 is 10.1 Å². The van der Waals surface area contributed by atoms with Crippen LogP contribution in [-0.4, -0.2) is 62.6 Å². The van der Waals surface area contributed by atoms with Gasteiger partial charge in [-0.1, -0.05) is 19.3 Å². The normalized spacial score (nSPS) is 16.6. The van der Waals surface area contributed by atoms with Crippen molar-refractivity contribution in [3.8, 4) is 5.75 Å². The number of nitrogens with one attached hydrogen (secondary N) is 1. The number of benzene rings is 2. The maximum Gasteiger partial charge on any atom is 0.261 e. The van der Waals surface area contributed by atoms with Gasteiger partial charge < -0.3 is 10.1 Å². The first-order valence-corrected chi connectivity index (χ1v) is 12.5. The molecule has 1 aliphatic carbocycles. The Kier molecular flexibility index (Phi) is 6.46. The topological polar surface area (TPSA) is 113 Å². The summed E-state index contributed by atoms with van der Waals surface area (Å²) >= 11 is 0. The third-order valence-electron chi connectivity index (χ3n) is 6.32. The molecule has 0 bridgehead atoms. The number of carbonyl (C=O) groups is 3. The Morgan fingerprint density at radius 3 is 2.32 bits per heavy atom. The second-order valence-electron chi connectivity index (χ2n) is 8.64. The largest absolute Gasteiger partial charge is 0.495 e. The van der Waals surface area contributed by atoms with E-state index in [4.69, 9.17) is 4.74 Å². The number of fused-ring (bicyclic) bond motifs is 1. The fourth-order valence-electron chi connectivity index (χ4n) is 4.42. The first kappa shape index (κ1) is 23.9. The van der Waals surface area contributed by atoms with Gasteiger partial charge in [0.2, 0.25) is 10.0 Å². The van der Waals surface area contributed by atoms with Crippen LogP contribution in [0.3, 0.4) is 0 Å². The Labute approximate surface area is 198 Å². The number of methoxy groups -OCH3 is 1. The lowest BCUT2D eigenvalue weighted by Gasteiger charge is -2.29. The maximum atomic E-state index is 13.0. The van der Waals surface area contributed by atoms with Crippen molar-refractivity contribution < 1.29 is 27.5 Å². The van der Waals surface area contributed by atoms with E-state index in [0.29, 0.717) is 5.56 Å². The number of amides is 3. The molecule has 2 aliphatic rings. The van der Waals surface area contributed by atoms with Gasteiger partial charge in [0.25, 0.3) is 17.7 Å². The van der Waals surface area contributed by atoms with E-state index in [1.54, 1.807) is 0 Å². The zero-order valence-electron chi connectivity index (χ0n) is 19.3. The van der Waals surface area contributed by atoms with E-state index in [9.17, 15) is 22.8 Å². The molecule has 0 radical (unpaired) electrons. The molecule has 34 heavy (non-hydrogen) atoms. The minimum atomic E-state index is -3.72. The second-order valence-corrected chi connectivity index (χ2v) is 10.8. The van der Waals surface area contributed by atoms with E-state index in [-0.39, 0.29) is 45.3 Å². The summed E-state index contributed by atoms with van der Waals surface area (Å²) in [5.41, 5.74) is 0.846. The number of imide groups is 1. The Morgan fingerprint density at radius 1 is 1.00 bits per heavy atom. The number of hydrogen-bond acceptors (Lipinski definition) is 6. The number of sulfonamides is 1. The summed E-state index contributed by atoms with van der Waals surface area (Å²) in [5.74, 6) is -0.973. The van der Waals surface area contributed by atoms with Crippen molar-refractivity contribution in [1.29, 1.82) is 0 Å². The summed E-state index contributed by atoms with van der Waals surface area (Å²) in [4.78, 5) is 40.3. The first-order chi connectivity index (χ1) is 16.1. The molecule has 10 heteroatoms. The predicted octanol–water partition coefficient (Wildman–Crippen LogP) is 3.13. The summed E-state index contributed by atoms with van der Waals surface area (Å²) in [6.45, 7) is 0. The Balaban J connectivity index is 1.61. The molecule has 180 valence electrons. The van der Waals surface area contributed by atoms with Gasteiger partial charge in [-0.05, 0) is 49.2 Å². The third kappa shape index (κ3) is 4.19. The third-order valence-corrected chi connectivity index (χ3v) is 8.13. The van der Waals surface area contributed by atoms with E-state index in [1.807, 2.05) is 0 Å². The maximum absolute atomic E-state index is 13.0. The van der Waals surface area contributed by atoms with Gasteiger partial charge in [-0.2, -0.15) is 0 Å². The van der Waals surface area contributed by atoms with Crippen molar-refractivity contribution in [3.63, 3.8) is 0 Å². The molecule has 1 saturated carbocycles. The summed E-state index contributed by atoms with van der Waals surface area (Å²) in [5, 5.41) is 2.66. The zero-order valence-corrected chi connectivity index (χ0v) is 20.1. The molecule has 3 amide bonds. The highest BCUT2D eigenvalue weighted by molar-refractivity contribution is 7.89. The highest BCUT2D eigenvalue weighted by atomic mass is 32.2. The lowest BCUT2D eigenvalue weighted by atomic mass is 9.94. The Morgan fingerprint density at radius 2 is 1.68 bits per heavy atom. The average Bonchev–Trinajstić information content (AvgIpc) is 3.08. The lowest BCUT2D eigenvalue weighted by molar-refractivity contribution is 0.0548. The number of rotatable bonds is 6. The Bertz CT molecular complexity index is 1270. The molecule has 1 fully saturated rings. The molecule has 0 saturated heterocycles. The quantitative estimate of drug-likeness (QED) is 0.629. The van der Waals surface area contributed by atoms with Crippen LogP contribution in [0.5, 0.6) is 5.75 Å². The molecule has 4 rings (SSSR count). The molecule has 2 aromatic carbocycles. The molecule has 0 atom stereocenters. The van der Waals surface area contributed by atoms with Crippen LogP contribution in [0, 0.1) is 0 Å². The van der Waals surface area contributed by atoms with Crippen molar-refractivity contribution in [1.82, 2.24) is 9.21 Å². The highest BCUT2D eigenvalue weighted by Crippen LogP contribution is 2.32. The van der Waals surface area contributed by atoms with Gasteiger partial charge in [0.15, 0.2) is 0 Å². The number of hydrogen-bond donors (Lipinski definition) is 1. The standard InChI is InChI=1S/C24H27N3O6S/c1-26(2)34(31,32)17-10-12-21(33-3)20(14-17)25-22(28)15-9-11-18-19(13-15)24(30)27(23(18)29)16-7-5-4-6-8-16/h9-14,16H,4-8H2,1-3H3,(H,25,28). The van der Waals surface area contributed by atoms with E-state index >= 15 is 0 Å². The van der Waals surface area contributed by atoms with Gasteiger partial charge >= 0.3 is 0 Å². The molecule has 1 N–H and O–H groups in total. The van der Waals surface area contributed by atoms with E-state index in [1.165, 1.54) is 62.5 Å². The molecule has 9 nitrogen and oxygen atoms in total. The summed E-state index contributed by atoms with van der Waals surface area (Å²) in [7, 11) is 0.511. The van der Waals surface area contributed by atoms with Gasteiger partial charge in [0, 0.05) is 25.7 Å². The van der Waals surface area contributed by atoms with E-state index < -0.39 is 15.9 Å². The number of carbonyl (C=O) groups excluding carboxylic acids is 3. The fourth-order valence-corrected chi connectivity index (χ4v) is 5.35. The second kappa shape index (κ2) is 9.19. The molecular weight excluding hydrogens is 458 g/mol. The predicted molar refractivity (Wildman–Crippen MR) is 126 cm³/mol. The van der Waals surface area contributed by atoms with Crippen LogP contribution in [0.4, 0.5) is 5.69 Å². The molecule has 0 unspecified atom stereocenters. The van der Waals surface area contributed by atoms with Crippen LogP contribution in [0.25, 0.3) is 0 Å². The van der Waals surface area contributed by atoms with Crippen molar-refractivity contribution >= 4 is 33.4 Å². The van der Waals surface area contributed by atoms with Crippen LogP contribution >= 0.6 is 0 Å². The van der Waals surface area contributed by atoms with Crippen LogP contribution in [-0.2, 0) is 10.0 Å². The van der Waals surface area contributed by atoms with E-state index in [2.05, 4.69) is 5.32 Å². The summed E-state index contributed by atoms with van der Waals surface area (Å²) < 4.78 is 31.3. The average molecular weight is 486 g/mol. The Hall–Kier alpha value is -3.24. The van der Waals surface area contributed by atoms with Gasteiger partial charge in [0.05, 0.1) is 28.8 Å². The molecule has 1 heterocycles. The smallest absolute Gasteiger partial charge is 0.261 e. The highest BCUT2D eigenvalue weighted by Gasteiger charge is 2.40. The number of ether oxygens (including phenoxy) is 1. The van der Waals surface area contributed by atoms with Crippen molar-refractivity contribution in [2.45, 2.75) is 43.0 Å². The zero-order chi connectivity index (χ0) is 24.6. The number of anilines is 1. The molecule has 0 spiro atoms. The summed E-state index contributed by atoms with van der Waals surface area (Å²) in [6.07, 6.45) is 4.66. The first-order valence-electron chi connectivity index (χ1n) is 11.1. The van der Waals surface area contributed by atoms with Gasteiger partial charge in [-0.25, -0.2) is 12.7 Å². The lowest BCUT2D eigenvalue weighted by Crippen LogP contribution is -2.40. The fraction of sp³-hybridized carbons (Fsp3) is 0.375. The van der Waals surface area contributed by atoms with Gasteiger partial charge in [-0.15, -0.1) is 0 Å². The van der Waals surface area contributed by atoms with Crippen LogP contribution in [0.15, 0.2) is 41.3 Å². The minimum Gasteiger partial charge on any atom is -0.495 e. The van der Waals surface area contributed by atoms with Crippen molar-refractivity contribution in [2.75, 3.05) is 26.5 Å². The van der Waals surface area contributed by atoms with Crippen LogP contribution in [0.1, 0.15) is 63.2 Å². The molecule has 0 aromatic heterocycles. The summed E-state index contributed by atoms with van der Waals surface area (Å²) in [6, 6.07) is 8.46. The SMILES string of the molecule is COc1ccc(S(=O)(=O)N(C)C)cc1NC(=O)c1ccc2c(c1)C(=O)N(C1CCCCC1)C2=O. The van der Waals surface area contributed by atoms with Gasteiger partial charge in [-0.3, -0.25) is 19.3 Å². The van der Waals surface area contributed by atoms with E-state index in [0.717, 1.165) is 36.4 Å². The van der Waals surface area contributed by atoms with Gasteiger partial charge in [0.1, 0.15) is 5.75 Å². The molecule has 2 aromatic rings. The molecular formula is C24H27N3O6S. The van der Waals surface area contributed by atoms with Crippen molar-refractivity contribution in [3.05, 3.63) is 53.1 Å². The monoisotopic (exact) mass is 485 g/mol. The van der Waals surface area contributed by atoms with Crippen molar-refractivity contribution in [2.24, 2.45) is 0 Å².